The van der Waals surface area contributed by atoms with Gasteiger partial charge in [-0.1, -0.05) is 22.9 Å². The Morgan fingerprint density at radius 1 is 1.37 bits per heavy atom. The molecule has 0 amide bonds. The number of hydrogen-bond donors (Lipinski definition) is 1. The fourth-order valence-corrected chi connectivity index (χ4v) is 2.46. The fraction of sp³-hybridized carbons (Fsp3) is 0.333. The molecule has 0 bridgehead atoms. The Balaban J connectivity index is 2.19. The molecule has 1 heterocycles. The summed E-state index contributed by atoms with van der Waals surface area (Å²) in [5.41, 5.74) is 7.81. The Labute approximate surface area is 121 Å². The number of halogens is 2. The van der Waals surface area contributed by atoms with Crippen molar-refractivity contribution in [2.45, 2.75) is 32.4 Å². The van der Waals surface area contributed by atoms with E-state index in [1.807, 2.05) is 24.4 Å². The number of aromatic nitrogens is 1. The minimum absolute atomic E-state index is 0.154. The molecule has 0 aliphatic heterocycles. The molecule has 1 aromatic heterocycles. The van der Waals surface area contributed by atoms with Crippen molar-refractivity contribution >= 4 is 15.9 Å². The molecule has 0 fully saturated rings. The first-order valence-corrected chi connectivity index (χ1v) is 7.23. The van der Waals surface area contributed by atoms with Crippen molar-refractivity contribution in [3.63, 3.8) is 0 Å². The Morgan fingerprint density at radius 2 is 2.16 bits per heavy atom. The molecule has 0 radical (unpaired) electrons. The first-order chi connectivity index (χ1) is 9.10. The zero-order valence-corrected chi connectivity index (χ0v) is 12.5. The first kappa shape index (κ1) is 14.3. The van der Waals surface area contributed by atoms with Crippen LogP contribution in [0.4, 0.5) is 4.39 Å². The molecule has 0 saturated heterocycles. The van der Waals surface area contributed by atoms with E-state index in [1.165, 1.54) is 6.07 Å². The highest BCUT2D eigenvalue weighted by molar-refractivity contribution is 9.10. The topological polar surface area (TPSA) is 30.9 Å². The quantitative estimate of drug-likeness (QED) is 0.892. The summed E-state index contributed by atoms with van der Waals surface area (Å²) in [5, 5.41) is 0. The zero-order chi connectivity index (χ0) is 13.8. The van der Waals surface area contributed by atoms with Gasteiger partial charge in [-0.05, 0) is 36.8 Å². The Kier molecular flexibility index (Phi) is 4.77. The molecule has 2 rings (SSSR count). The minimum atomic E-state index is -0.178. The van der Waals surface area contributed by atoms with Crippen LogP contribution in [0, 0.1) is 5.82 Å². The standard InChI is InChI=1S/C15H18BrFN2/c1-2-13(18)9-14-4-3-7-19(14)10-11-8-12(16)5-6-15(11)17/h3-8,13H,2,9-10,18H2,1H3. The summed E-state index contributed by atoms with van der Waals surface area (Å²) in [5.74, 6) is -0.178. The van der Waals surface area contributed by atoms with Gasteiger partial charge in [-0.15, -0.1) is 0 Å². The average molecular weight is 325 g/mol. The van der Waals surface area contributed by atoms with Gasteiger partial charge in [0.2, 0.25) is 0 Å². The van der Waals surface area contributed by atoms with Gasteiger partial charge >= 0.3 is 0 Å². The zero-order valence-electron chi connectivity index (χ0n) is 10.9. The van der Waals surface area contributed by atoms with Crippen LogP contribution >= 0.6 is 15.9 Å². The summed E-state index contributed by atoms with van der Waals surface area (Å²) in [6, 6.07) is 9.20. The van der Waals surface area contributed by atoms with E-state index in [-0.39, 0.29) is 11.9 Å². The average Bonchev–Trinajstić information content (AvgIpc) is 2.81. The lowest BCUT2D eigenvalue weighted by atomic mass is 10.1. The van der Waals surface area contributed by atoms with Gasteiger partial charge in [0.15, 0.2) is 0 Å². The summed E-state index contributed by atoms with van der Waals surface area (Å²) in [6.07, 6.45) is 3.73. The van der Waals surface area contributed by atoms with E-state index in [4.69, 9.17) is 5.73 Å². The van der Waals surface area contributed by atoms with E-state index in [0.717, 1.165) is 23.0 Å². The second-order valence-corrected chi connectivity index (χ2v) is 5.65. The molecule has 0 aliphatic rings. The number of benzene rings is 1. The van der Waals surface area contributed by atoms with Crippen molar-refractivity contribution < 1.29 is 4.39 Å². The van der Waals surface area contributed by atoms with E-state index in [1.54, 1.807) is 6.07 Å². The molecule has 19 heavy (non-hydrogen) atoms. The predicted octanol–water partition coefficient (Wildman–Crippen LogP) is 3.72. The van der Waals surface area contributed by atoms with Crippen LogP contribution < -0.4 is 5.73 Å². The summed E-state index contributed by atoms with van der Waals surface area (Å²) in [7, 11) is 0. The van der Waals surface area contributed by atoms with E-state index in [2.05, 4.69) is 27.4 Å². The first-order valence-electron chi connectivity index (χ1n) is 6.43. The molecule has 0 spiro atoms. The minimum Gasteiger partial charge on any atom is -0.347 e. The van der Waals surface area contributed by atoms with Crippen molar-refractivity contribution in [3.8, 4) is 0 Å². The summed E-state index contributed by atoms with van der Waals surface area (Å²) in [4.78, 5) is 0. The van der Waals surface area contributed by atoms with Crippen LogP contribution in [0.25, 0.3) is 0 Å². The second-order valence-electron chi connectivity index (χ2n) is 4.74. The van der Waals surface area contributed by atoms with Gasteiger partial charge in [-0.3, -0.25) is 0 Å². The number of nitrogens with zero attached hydrogens (tertiary/aromatic N) is 1. The van der Waals surface area contributed by atoms with Gasteiger partial charge in [-0.2, -0.15) is 0 Å². The molecular weight excluding hydrogens is 307 g/mol. The molecule has 1 atom stereocenters. The van der Waals surface area contributed by atoms with Crippen LogP contribution in [0.3, 0.4) is 0 Å². The summed E-state index contributed by atoms with van der Waals surface area (Å²) < 4.78 is 16.7. The van der Waals surface area contributed by atoms with Crippen LogP contribution in [-0.4, -0.2) is 10.6 Å². The fourth-order valence-electron chi connectivity index (χ4n) is 2.05. The van der Waals surface area contributed by atoms with Crippen molar-refractivity contribution in [1.29, 1.82) is 0 Å². The largest absolute Gasteiger partial charge is 0.347 e. The maximum absolute atomic E-state index is 13.8. The molecule has 4 heteroatoms. The van der Waals surface area contributed by atoms with E-state index in [0.29, 0.717) is 12.1 Å². The molecule has 2 aromatic rings. The maximum atomic E-state index is 13.8. The molecule has 2 nitrogen and oxygen atoms in total. The molecule has 0 aliphatic carbocycles. The van der Waals surface area contributed by atoms with E-state index < -0.39 is 0 Å². The van der Waals surface area contributed by atoms with Gasteiger partial charge in [-0.25, -0.2) is 4.39 Å². The number of rotatable bonds is 5. The van der Waals surface area contributed by atoms with Crippen LogP contribution in [0.5, 0.6) is 0 Å². The Hall–Kier alpha value is -1.13. The van der Waals surface area contributed by atoms with Crippen LogP contribution in [-0.2, 0) is 13.0 Å². The van der Waals surface area contributed by atoms with Crippen LogP contribution in [0.2, 0.25) is 0 Å². The van der Waals surface area contributed by atoms with Gasteiger partial charge < -0.3 is 10.3 Å². The lowest BCUT2D eigenvalue weighted by molar-refractivity contribution is 0.581. The molecular formula is C15H18BrFN2. The van der Waals surface area contributed by atoms with Gasteiger partial charge in [0.25, 0.3) is 0 Å². The van der Waals surface area contributed by atoms with Gasteiger partial charge in [0, 0.05) is 34.4 Å². The highest BCUT2D eigenvalue weighted by Gasteiger charge is 2.09. The maximum Gasteiger partial charge on any atom is 0.128 e. The Bertz CT molecular complexity index is 551. The summed E-state index contributed by atoms with van der Waals surface area (Å²) >= 11 is 3.37. The van der Waals surface area contributed by atoms with Crippen molar-refractivity contribution in [2.75, 3.05) is 0 Å². The number of hydrogen-bond acceptors (Lipinski definition) is 1. The second kappa shape index (κ2) is 6.35. The van der Waals surface area contributed by atoms with Crippen molar-refractivity contribution in [1.82, 2.24) is 4.57 Å². The monoisotopic (exact) mass is 324 g/mol. The van der Waals surface area contributed by atoms with E-state index >= 15 is 0 Å². The molecule has 0 saturated carbocycles. The summed E-state index contributed by atoms with van der Waals surface area (Å²) in [6.45, 7) is 2.61. The highest BCUT2D eigenvalue weighted by atomic mass is 79.9. The van der Waals surface area contributed by atoms with Crippen LogP contribution in [0.15, 0.2) is 41.0 Å². The third-order valence-corrected chi connectivity index (χ3v) is 3.76. The normalized spacial score (nSPS) is 12.6. The third-order valence-electron chi connectivity index (χ3n) is 3.27. The van der Waals surface area contributed by atoms with Gasteiger partial charge in [0.05, 0.1) is 6.54 Å². The molecule has 2 N–H and O–H groups in total. The smallest absolute Gasteiger partial charge is 0.128 e. The van der Waals surface area contributed by atoms with Crippen molar-refractivity contribution in [3.05, 3.63) is 58.1 Å². The van der Waals surface area contributed by atoms with Crippen LogP contribution in [0.1, 0.15) is 24.6 Å². The van der Waals surface area contributed by atoms with Gasteiger partial charge in [0.1, 0.15) is 5.82 Å². The third kappa shape index (κ3) is 3.67. The van der Waals surface area contributed by atoms with E-state index in [9.17, 15) is 4.39 Å². The van der Waals surface area contributed by atoms with Crippen molar-refractivity contribution in [2.24, 2.45) is 5.73 Å². The SMILES string of the molecule is CCC(N)Cc1cccn1Cc1cc(Br)ccc1F. The molecule has 1 aromatic carbocycles. The lowest BCUT2D eigenvalue weighted by Crippen LogP contribution is -2.23. The molecule has 1 unspecified atom stereocenters. The highest BCUT2D eigenvalue weighted by Crippen LogP contribution is 2.18. The lowest BCUT2D eigenvalue weighted by Gasteiger charge is -2.13. The molecule has 102 valence electrons. The number of nitrogens with two attached hydrogens (primary N) is 1. The Morgan fingerprint density at radius 3 is 2.89 bits per heavy atom. The predicted molar refractivity (Wildman–Crippen MR) is 79.6 cm³/mol.